The Labute approximate surface area is 84.6 Å². The first-order valence-corrected chi connectivity index (χ1v) is 5.65. The minimum atomic E-state index is -0.200. The molecule has 3 unspecified atom stereocenters. The summed E-state index contributed by atoms with van der Waals surface area (Å²) in [5.41, 5.74) is 2.59. The smallest absolute Gasteiger partial charge is 0.0807 e. The molecule has 1 aromatic rings. The Morgan fingerprint density at radius 2 is 2.29 bits per heavy atom. The highest BCUT2D eigenvalue weighted by atomic mass is 16.3. The van der Waals surface area contributed by atoms with Crippen LogP contribution in [0.5, 0.6) is 0 Å². The van der Waals surface area contributed by atoms with Gasteiger partial charge in [0, 0.05) is 23.5 Å². The molecule has 1 fully saturated rings. The lowest BCUT2D eigenvalue weighted by Gasteiger charge is -2.20. The van der Waals surface area contributed by atoms with Crippen molar-refractivity contribution in [3.63, 3.8) is 0 Å². The first-order chi connectivity index (χ1) is 6.77. The van der Waals surface area contributed by atoms with Crippen molar-refractivity contribution in [3.05, 3.63) is 23.5 Å². The van der Waals surface area contributed by atoms with E-state index >= 15 is 0 Å². The number of aliphatic hydroxyl groups is 1. The predicted molar refractivity (Wildman–Crippen MR) is 55.1 cm³/mol. The number of hydrogen-bond donors (Lipinski definition) is 1. The van der Waals surface area contributed by atoms with Gasteiger partial charge in [-0.25, -0.2) is 0 Å². The molecule has 0 aromatic carbocycles. The Bertz CT molecular complexity index is 355. The van der Waals surface area contributed by atoms with Crippen LogP contribution < -0.4 is 0 Å². The Morgan fingerprint density at radius 3 is 3.00 bits per heavy atom. The highest BCUT2D eigenvalue weighted by molar-refractivity contribution is 5.28. The molecule has 0 amide bonds. The zero-order valence-electron chi connectivity index (χ0n) is 8.61. The second-order valence-electron chi connectivity index (χ2n) is 4.81. The lowest BCUT2D eigenvalue weighted by atomic mass is 9.95. The number of fused-ring (bicyclic) bond motifs is 1. The van der Waals surface area contributed by atoms with Crippen molar-refractivity contribution in [2.75, 3.05) is 0 Å². The summed E-state index contributed by atoms with van der Waals surface area (Å²) in [6, 6.07) is 2.84. The summed E-state index contributed by atoms with van der Waals surface area (Å²) in [6.07, 6.45) is 6.53. The van der Waals surface area contributed by atoms with Gasteiger partial charge in [-0.05, 0) is 37.7 Å². The lowest BCUT2D eigenvalue weighted by Crippen LogP contribution is -2.11. The van der Waals surface area contributed by atoms with Crippen LogP contribution >= 0.6 is 0 Å². The number of hydrogen-bond acceptors (Lipinski definition) is 1. The normalized spacial score (nSPS) is 35.4. The van der Waals surface area contributed by atoms with E-state index < -0.39 is 0 Å². The van der Waals surface area contributed by atoms with Gasteiger partial charge in [0.05, 0.1) is 6.10 Å². The standard InChI is InChI=1S/C12H17NO/c1-8-7-11(8)13-6-5-9-10(13)3-2-4-12(9)14/h5-6,8,11-12,14H,2-4,7H2,1H3. The third kappa shape index (κ3) is 1.13. The maximum Gasteiger partial charge on any atom is 0.0807 e. The Morgan fingerprint density at radius 1 is 1.50 bits per heavy atom. The Hall–Kier alpha value is -0.760. The van der Waals surface area contributed by atoms with Crippen molar-refractivity contribution in [3.8, 4) is 0 Å². The van der Waals surface area contributed by atoms with Crippen molar-refractivity contribution >= 4 is 0 Å². The maximum atomic E-state index is 9.83. The van der Waals surface area contributed by atoms with Crippen molar-refractivity contribution in [1.29, 1.82) is 0 Å². The van der Waals surface area contributed by atoms with Gasteiger partial charge in [0.2, 0.25) is 0 Å². The third-order valence-corrected chi connectivity index (χ3v) is 3.73. The molecule has 1 N–H and O–H groups in total. The van der Waals surface area contributed by atoms with Gasteiger partial charge in [0.15, 0.2) is 0 Å². The van der Waals surface area contributed by atoms with E-state index in [0.717, 1.165) is 31.2 Å². The van der Waals surface area contributed by atoms with Gasteiger partial charge >= 0.3 is 0 Å². The quantitative estimate of drug-likeness (QED) is 0.724. The van der Waals surface area contributed by atoms with Crippen LogP contribution in [0.15, 0.2) is 12.3 Å². The van der Waals surface area contributed by atoms with E-state index in [1.54, 1.807) is 0 Å². The lowest BCUT2D eigenvalue weighted by molar-refractivity contribution is 0.155. The molecule has 1 aromatic heterocycles. The molecule has 1 heterocycles. The SMILES string of the molecule is CC1CC1n1ccc2c1CCCC2O. The van der Waals surface area contributed by atoms with Gasteiger partial charge in [-0.15, -0.1) is 0 Å². The van der Waals surface area contributed by atoms with Crippen LogP contribution in [0.25, 0.3) is 0 Å². The van der Waals surface area contributed by atoms with E-state index in [-0.39, 0.29) is 6.10 Å². The fourth-order valence-electron chi connectivity index (χ4n) is 2.69. The van der Waals surface area contributed by atoms with Crippen LogP contribution in [-0.4, -0.2) is 9.67 Å². The van der Waals surface area contributed by atoms with Crippen LogP contribution in [0.3, 0.4) is 0 Å². The van der Waals surface area contributed by atoms with Gasteiger partial charge in [0.1, 0.15) is 0 Å². The molecule has 0 saturated heterocycles. The number of rotatable bonds is 1. The fourth-order valence-corrected chi connectivity index (χ4v) is 2.69. The van der Waals surface area contributed by atoms with Crippen molar-refractivity contribution in [1.82, 2.24) is 4.57 Å². The molecule has 3 atom stereocenters. The molecule has 1 saturated carbocycles. The summed E-state index contributed by atoms with van der Waals surface area (Å²) in [6.45, 7) is 2.30. The third-order valence-electron chi connectivity index (χ3n) is 3.73. The van der Waals surface area contributed by atoms with E-state index in [0.29, 0.717) is 0 Å². The topological polar surface area (TPSA) is 25.2 Å². The van der Waals surface area contributed by atoms with Gasteiger partial charge < -0.3 is 9.67 Å². The average Bonchev–Trinajstić information content (AvgIpc) is 2.75. The largest absolute Gasteiger partial charge is 0.388 e. The molecule has 2 aliphatic rings. The first-order valence-electron chi connectivity index (χ1n) is 5.65. The van der Waals surface area contributed by atoms with Gasteiger partial charge in [0.25, 0.3) is 0 Å². The van der Waals surface area contributed by atoms with Crippen molar-refractivity contribution in [2.45, 2.75) is 44.8 Å². The van der Waals surface area contributed by atoms with E-state index in [1.807, 2.05) is 0 Å². The number of aliphatic hydroxyl groups excluding tert-OH is 1. The summed E-state index contributed by atoms with van der Waals surface area (Å²) >= 11 is 0. The highest BCUT2D eigenvalue weighted by Crippen LogP contribution is 2.45. The zero-order chi connectivity index (χ0) is 9.71. The molecular weight excluding hydrogens is 174 g/mol. The van der Waals surface area contributed by atoms with Gasteiger partial charge in [-0.3, -0.25) is 0 Å². The van der Waals surface area contributed by atoms with Crippen molar-refractivity contribution in [2.24, 2.45) is 5.92 Å². The molecule has 0 bridgehead atoms. The minimum Gasteiger partial charge on any atom is -0.388 e. The van der Waals surface area contributed by atoms with Crippen molar-refractivity contribution < 1.29 is 5.11 Å². The zero-order valence-corrected chi connectivity index (χ0v) is 8.61. The fraction of sp³-hybridized carbons (Fsp3) is 0.667. The van der Waals surface area contributed by atoms with Crippen LogP contribution in [0.1, 0.15) is 49.6 Å². The average molecular weight is 191 g/mol. The van der Waals surface area contributed by atoms with Crippen LogP contribution in [-0.2, 0) is 6.42 Å². The second-order valence-corrected chi connectivity index (χ2v) is 4.81. The molecule has 2 heteroatoms. The Kier molecular flexibility index (Phi) is 1.75. The molecule has 3 rings (SSSR count). The van der Waals surface area contributed by atoms with Crippen LogP contribution in [0.4, 0.5) is 0 Å². The molecule has 0 aliphatic heterocycles. The summed E-state index contributed by atoms with van der Waals surface area (Å²) in [5.74, 6) is 0.838. The first kappa shape index (κ1) is 8.54. The van der Waals surface area contributed by atoms with E-state index in [9.17, 15) is 5.11 Å². The second kappa shape index (κ2) is 2.86. The highest BCUT2D eigenvalue weighted by Gasteiger charge is 2.36. The maximum absolute atomic E-state index is 9.83. The van der Waals surface area contributed by atoms with Crippen LogP contribution in [0.2, 0.25) is 0 Å². The van der Waals surface area contributed by atoms with Gasteiger partial charge in [-0.1, -0.05) is 6.92 Å². The van der Waals surface area contributed by atoms with E-state index in [2.05, 4.69) is 23.8 Å². The summed E-state index contributed by atoms with van der Waals surface area (Å²) in [4.78, 5) is 0. The predicted octanol–water partition coefficient (Wildman–Crippen LogP) is 2.44. The molecule has 0 spiro atoms. The molecule has 14 heavy (non-hydrogen) atoms. The monoisotopic (exact) mass is 191 g/mol. The molecule has 2 aliphatic carbocycles. The van der Waals surface area contributed by atoms with Crippen LogP contribution in [0, 0.1) is 5.92 Å². The minimum absolute atomic E-state index is 0.200. The van der Waals surface area contributed by atoms with Gasteiger partial charge in [-0.2, -0.15) is 0 Å². The van der Waals surface area contributed by atoms with E-state index in [4.69, 9.17) is 0 Å². The summed E-state index contributed by atoms with van der Waals surface area (Å²) in [7, 11) is 0. The number of aromatic nitrogens is 1. The molecular formula is C12H17NO. The summed E-state index contributed by atoms with van der Waals surface area (Å²) < 4.78 is 2.41. The number of nitrogens with zero attached hydrogens (tertiary/aromatic N) is 1. The molecule has 2 nitrogen and oxygen atoms in total. The Balaban J connectivity index is 1.99. The van der Waals surface area contributed by atoms with E-state index in [1.165, 1.54) is 17.7 Å². The molecule has 0 radical (unpaired) electrons. The molecule has 76 valence electrons. The summed E-state index contributed by atoms with van der Waals surface area (Å²) in [5, 5.41) is 9.83.